The molecule has 4 heteroatoms. The molecule has 4 nitrogen and oxygen atoms in total. The molecule has 1 unspecified atom stereocenters. The molecule has 0 radical (unpaired) electrons. The zero-order valence-corrected chi connectivity index (χ0v) is 9.51. The van der Waals surface area contributed by atoms with Crippen LogP contribution in [0.15, 0.2) is 36.8 Å². The minimum Gasteiger partial charge on any atom is -0.302 e. The Hall–Kier alpha value is -1.68. The number of hydrogen-bond acceptors (Lipinski definition) is 3. The molecule has 2 atom stereocenters. The van der Waals surface area contributed by atoms with E-state index in [9.17, 15) is 0 Å². The molecule has 2 N–H and O–H groups in total. The second kappa shape index (κ2) is 4.90. The molecule has 2 rings (SSSR count). The molecule has 0 aromatic carbocycles. The highest BCUT2D eigenvalue weighted by molar-refractivity contribution is 5.14. The maximum atomic E-state index is 4.12. The number of aromatic amines is 1. The van der Waals surface area contributed by atoms with Crippen molar-refractivity contribution < 1.29 is 0 Å². The van der Waals surface area contributed by atoms with Gasteiger partial charge in [0, 0.05) is 30.7 Å². The first kappa shape index (κ1) is 10.8. The Morgan fingerprint density at radius 2 is 2.06 bits per heavy atom. The van der Waals surface area contributed by atoms with E-state index in [2.05, 4.69) is 40.4 Å². The van der Waals surface area contributed by atoms with Crippen LogP contribution >= 0.6 is 0 Å². The van der Waals surface area contributed by atoms with E-state index < -0.39 is 0 Å². The molecule has 0 aliphatic rings. The highest BCUT2D eigenvalue weighted by atomic mass is 15.1. The van der Waals surface area contributed by atoms with Crippen molar-refractivity contribution in [1.82, 2.24) is 20.5 Å². The maximum Gasteiger partial charge on any atom is 0.0518 e. The SMILES string of the molecule is CC(N[C@H](C)c1cccnc1)c1ccn[nH]1. The summed E-state index contributed by atoms with van der Waals surface area (Å²) >= 11 is 0. The van der Waals surface area contributed by atoms with Crippen LogP contribution in [0.25, 0.3) is 0 Å². The number of nitrogens with one attached hydrogen (secondary N) is 2. The van der Waals surface area contributed by atoms with Gasteiger partial charge in [-0.1, -0.05) is 6.07 Å². The third-order valence-corrected chi connectivity index (χ3v) is 2.67. The van der Waals surface area contributed by atoms with Crippen molar-refractivity contribution in [1.29, 1.82) is 0 Å². The summed E-state index contributed by atoms with van der Waals surface area (Å²) in [6.07, 6.45) is 5.44. The lowest BCUT2D eigenvalue weighted by Gasteiger charge is -2.18. The van der Waals surface area contributed by atoms with Crippen LogP contribution in [0.4, 0.5) is 0 Å². The fourth-order valence-corrected chi connectivity index (χ4v) is 1.70. The molecule has 2 aromatic rings. The van der Waals surface area contributed by atoms with E-state index in [-0.39, 0.29) is 12.1 Å². The minimum absolute atomic E-state index is 0.248. The second-order valence-electron chi connectivity index (χ2n) is 3.91. The van der Waals surface area contributed by atoms with Crippen molar-refractivity contribution in [2.24, 2.45) is 0 Å². The average Bonchev–Trinajstić information content (AvgIpc) is 2.83. The maximum absolute atomic E-state index is 4.12. The Balaban J connectivity index is 2.00. The van der Waals surface area contributed by atoms with Gasteiger partial charge in [-0.05, 0) is 31.5 Å². The van der Waals surface area contributed by atoms with Crippen LogP contribution in [0.1, 0.15) is 37.2 Å². The van der Waals surface area contributed by atoms with E-state index in [0.29, 0.717) is 0 Å². The number of H-pyrrole nitrogens is 1. The monoisotopic (exact) mass is 216 g/mol. The Kier molecular flexibility index (Phi) is 3.31. The molecule has 0 aliphatic carbocycles. The van der Waals surface area contributed by atoms with Crippen LogP contribution in [0.5, 0.6) is 0 Å². The van der Waals surface area contributed by atoms with E-state index in [0.717, 1.165) is 5.69 Å². The number of aromatic nitrogens is 3. The summed E-state index contributed by atoms with van der Waals surface area (Å²) in [5, 5.41) is 10.4. The summed E-state index contributed by atoms with van der Waals surface area (Å²) in [4.78, 5) is 4.12. The number of hydrogen-bond donors (Lipinski definition) is 2. The van der Waals surface area contributed by atoms with Crippen molar-refractivity contribution in [3.05, 3.63) is 48.0 Å². The molecular weight excluding hydrogens is 200 g/mol. The fraction of sp³-hybridized carbons (Fsp3) is 0.333. The normalized spacial score (nSPS) is 14.6. The van der Waals surface area contributed by atoms with Gasteiger partial charge in [0.05, 0.1) is 5.69 Å². The molecule has 0 aliphatic heterocycles. The topological polar surface area (TPSA) is 53.6 Å². The summed E-state index contributed by atoms with van der Waals surface area (Å²) < 4.78 is 0. The Morgan fingerprint density at radius 1 is 1.19 bits per heavy atom. The standard InChI is InChI=1S/C12H16N4/c1-9(11-4-3-6-13-8-11)15-10(2)12-5-7-14-16-12/h3-10,15H,1-2H3,(H,14,16)/t9-,10?/m1/s1. The van der Waals surface area contributed by atoms with Gasteiger partial charge in [-0.2, -0.15) is 5.10 Å². The molecule has 2 heterocycles. The summed E-state index contributed by atoms with van der Waals surface area (Å²) in [6.45, 7) is 4.24. The lowest BCUT2D eigenvalue weighted by atomic mass is 10.1. The summed E-state index contributed by atoms with van der Waals surface area (Å²) in [5.74, 6) is 0. The number of nitrogens with zero attached hydrogens (tertiary/aromatic N) is 2. The van der Waals surface area contributed by atoms with Gasteiger partial charge < -0.3 is 5.32 Å². The van der Waals surface area contributed by atoms with Gasteiger partial charge in [0.15, 0.2) is 0 Å². The Labute approximate surface area is 95.1 Å². The van der Waals surface area contributed by atoms with E-state index in [1.165, 1.54) is 5.56 Å². The molecule has 0 saturated heterocycles. The lowest BCUT2D eigenvalue weighted by molar-refractivity contribution is 0.485. The van der Waals surface area contributed by atoms with Gasteiger partial charge in [-0.15, -0.1) is 0 Å². The van der Waals surface area contributed by atoms with Crippen LogP contribution < -0.4 is 5.32 Å². The summed E-state index contributed by atoms with van der Waals surface area (Å²) in [6, 6.07) is 6.52. The van der Waals surface area contributed by atoms with Crippen LogP contribution in [0, 0.1) is 0 Å². The second-order valence-corrected chi connectivity index (χ2v) is 3.91. The Morgan fingerprint density at radius 3 is 2.69 bits per heavy atom. The predicted octanol–water partition coefficient (Wildman–Crippen LogP) is 2.22. The molecule has 2 aromatic heterocycles. The Bertz CT molecular complexity index is 410. The molecule has 16 heavy (non-hydrogen) atoms. The van der Waals surface area contributed by atoms with Crippen LogP contribution in [0.2, 0.25) is 0 Å². The largest absolute Gasteiger partial charge is 0.302 e. The van der Waals surface area contributed by atoms with E-state index in [1.807, 2.05) is 18.3 Å². The summed E-state index contributed by atoms with van der Waals surface area (Å²) in [7, 11) is 0. The first-order valence-corrected chi connectivity index (χ1v) is 5.42. The number of rotatable bonds is 4. The smallest absolute Gasteiger partial charge is 0.0518 e. The molecule has 0 fully saturated rings. The van der Waals surface area contributed by atoms with Crippen molar-refractivity contribution in [2.45, 2.75) is 25.9 Å². The van der Waals surface area contributed by atoms with Crippen molar-refractivity contribution in [3.8, 4) is 0 Å². The third kappa shape index (κ3) is 2.46. The lowest BCUT2D eigenvalue weighted by Crippen LogP contribution is -2.22. The van der Waals surface area contributed by atoms with Gasteiger partial charge in [0.1, 0.15) is 0 Å². The zero-order chi connectivity index (χ0) is 11.4. The van der Waals surface area contributed by atoms with Gasteiger partial charge in [-0.25, -0.2) is 0 Å². The molecule has 0 amide bonds. The first-order valence-electron chi connectivity index (χ1n) is 5.42. The molecule has 0 saturated carbocycles. The van der Waals surface area contributed by atoms with Crippen LogP contribution in [0.3, 0.4) is 0 Å². The quantitative estimate of drug-likeness (QED) is 0.824. The van der Waals surface area contributed by atoms with E-state index in [4.69, 9.17) is 0 Å². The first-order chi connectivity index (χ1) is 7.77. The van der Waals surface area contributed by atoms with Crippen LogP contribution in [-0.4, -0.2) is 15.2 Å². The van der Waals surface area contributed by atoms with Crippen LogP contribution in [-0.2, 0) is 0 Å². The van der Waals surface area contributed by atoms with Crippen molar-refractivity contribution in [2.75, 3.05) is 0 Å². The summed E-state index contributed by atoms with van der Waals surface area (Å²) in [5.41, 5.74) is 2.28. The molecular formula is C12H16N4. The molecule has 0 spiro atoms. The molecule has 0 bridgehead atoms. The van der Waals surface area contributed by atoms with Gasteiger partial charge in [-0.3, -0.25) is 10.1 Å². The highest BCUT2D eigenvalue weighted by Crippen LogP contribution is 2.16. The predicted molar refractivity (Wildman–Crippen MR) is 62.8 cm³/mol. The van der Waals surface area contributed by atoms with E-state index >= 15 is 0 Å². The number of pyridine rings is 1. The van der Waals surface area contributed by atoms with Crippen molar-refractivity contribution in [3.63, 3.8) is 0 Å². The van der Waals surface area contributed by atoms with Gasteiger partial charge >= 0.3 is 0 Å². The van der Waals surface area contributed by atoms with Gasteiger partial charge in [0.2, 0.25) is 0 Å². The minimum atomic E-state index is 0.248. The zero-order valence-electron chi connectivity index (χ0n) is 9.51. The average molecular weight is 216 g/mol. The highest BCUT2D eigenvalue weighted by Gasteiger charge is 2.11. The van der Waals surface area contributed by atoms with Crippen molar-refractivity contribution >= 4 is 0 Å². The van der Waals surface area contributed by atoms with Gasteiger partial charge in [0.25, 0.3) is 0 Å². The third-order valence-electron chi connectivity index (χ3n) is 2.67. The fourth-order valence-electron chi connectivity index (χ4n) is 1.70. The van der Waals surface area contributed by atoms with E-state index in [1.54, 1.807) is 12.4 Å². The molecule has 84 valence electrons.